The lowest BCUT2D eigenvalue weighted by molar-refractivity contribution is 0.00565. The van der Waals surface area contributed by atoms with Gasteiger partial charge >= 0.3 is 6.03 Å². The van der Waals surface area contributed by atoms with Crippen LogP contribution in [0.15, 0.2) is 53.4 Å². The first kappa shape index (κ1) is 28.9. The second kappa shape index (κ2) is 10.3. The lowest BCUT2D eigenvalue weighted by Crippen LogP contribution is -2.58. The van der Waals surface area contributed by atoms with Crippen LogP contribution in [0.25, 0.3) is 0 Å². The van der Waals surface area contributed by atoms with Crippen LogP contribution in [0.4, 0.5) is 14.9 Å². The number of rotatable bonds is 7. The van der Waals surface area contributed by atoms with Crippen LogP contribution >= 0.6 is 18.5 Å². The molecule has 0 radical (unpaired) electrons. The first-order valence-corrected chi connectivity index (χ1v) is 16.6. The predicted molar refractivity (Wildman–Crippen MR) is 160 cm³/mol. The molecule has 5 rings (SSSR count). The van der Waals surface area contributed by atoms with Crippen molar-refractivity contribution >= 4 is 40.0 Å². The second-order valence-electron chi connectivity index (χ2n) is 11.7. The van der Waals surface area contributed by atoms with Crippen molar-refractivity contribution in [1.29, 1.82) is 0 Å². The quantitative estimate of drug-likeness (QED) is 0.279. The molecule has 2 aromatic rings. The molecule has 7 nitrogen and oxygen atoms in total. The number of anilines is 1. The van der Waals surface area contributed by atoms with Gasteiger partial charge in [0.15, 0.2) is 15.0 Å². The fourth-order valence-corrected chi connectivity index (χ4v) is 7.87. The van der Waals surface area contributed by atoms with Gasteiger partial charge in [-0.2, -0.15) is 0 Å². The van der Waals surface area contributed by atoms with Crippen molar-refractivity contribution in [3.63, 3.8) is 0 Å². The number of halogens is 1. The smallest absolute Gasteiger partial charge is 0.317 e. The fraction of sp³-hybridized carbons (Fsp3) is 0.536. The lowest BCUT2D eigenvalue weighted by Gasteiger charge is -2.51. The van der Waals surface area contributed by atoms with E-state index in [4.69, 9.17) is 5.84 Å². The average Bonchev–Trinajstić information content (AvgIpc) is 3.11. The third-order valence-electron chi connectivity index (χ3n) is 9.24. The van der Waals surface area contributed by atoms with Gasteiger partial charge in [0, 0.05) is 19.8 Å². The van der Waals surface area contributed by atoms with E-state index in [0.29, 0.717) is 24.7 Å². The van der Waals surface area contributed by atoms with Gasteiger partial charge in [0.05, 0.1) is 28.2 Å². The minimum atomic E-state index is -3.74. The number of hydrogen-bond acceptors (Lipinski definition) is 5. The predicted octanol–water partition coefficient (Wildman–Crippen LogP) is 4.98. The number of nitrogens with two attached hydrogens (primary N) is 1. The van der Waals surface area contributed by atoms with Gasteiger partial charge in [-0.1, -0.05) is 61.3 Å². The van der Waals surface area contributed by atoms with Gasteiger partial charge in [-0.15, -0.1) is 0 Å². The Bertz CT molecular complexity index is 1340. The zero-order chi connectivity index (χ0) is 28.2. The van der Waals surface area contributed by atoms with E-state index in [9.17, 15) is 17.6 Å². The Morgan fingerprint density at radius 1 is 1.10 bits per heavy atom. The summed E-state index contributed by atoms with van der Waals surface area (Å²) in [5.74, 6) is 6.93. The van der Waals surface area contributed by atoms with Crippen LogP contribution in [0.3, 0.4) is 0 Å². The number of sulfone groups is 1. The molecule has 2 amide bonds. The van der Waals surface area contributed by atoms with E-state index in [1.165, 1.54) is 12.5 Å². The highest BCUT2D eigenvalue weighted by Crippen LogP contribution is 2.51. The van der Waals surface area contributed by atoms with E-state index in [0.717, 1.165) is 50.3 Å². The van der Waals surface area contributed by atoms with Crippen LogP contribution in [-0.2, 0) is 20.5 Å². The molecule has 2 atom stereocenters. The van der Waals surface area contributed by atoms with Crippen LogP contribution < -0.4 is 10.7 Å². The maximum Gasteiger partial charge on any atom is 0.325 e. The van der Waals surface area contributed by atoms with Crippen molar-refractivity contribution in [2.45, 2.75) is 66.1 Å². The highest BCUT2D eigenvalue weighted by Gasteiger charge is 2.55. The van der Waals surface area contributed by atoms with E-state index in [-0.39, 0.29) is 22.0 Å². The Kier molecular flexibility index (Phi) is 7.65. The average molecular weight is 593 g/mol. The van der Waals surface area contributed by atoms with Gasteiger partial charge in [-0.05, 0) is 67.7 Å². The van der Waals surface area contributed by atoms with E-state index in [1.54, 1.807) is 17.0 Å². The third-order valence-corrected chi connectivity index (χ3v) is 11.0. The summed E-state index contributed by atoms with van der Waals surface area (Å²) in [4.78, 5) is 17.7. The summed E-state index contributed by atoms with van der Waals surface area (Å²) in [6.07, 6.45) is 7.52. The van der Waals surface area contributed by atoms with Crippen LogP contribution in [0.1, 0.15) is 56.1 Å². The number of nitrogens with zero attached hydrogens (tertiary/aromatic N) is 3. The van der Waals surface area contributed by atoms with Crippen molar-refractivity contribution in [3.8, 4) is 0 Å². The molecule has 2 aliphatic carbocycles. The maximum atomic E-state index is 14.7. The minimum Gasteiger partial charge on any atom is -0.317 e. The summed E-state index contributed by atoms with van der Waals surface area (Å²) >= 11 is 0. The molecule has 1 heterocycles. The summed E-state index contributed by atoms with van der Waals surface area (Å²) in [5.41, 5.74) is 0.908. The molecule has 1 spiro atoms. The molecular formula is C28H39FN4O3P2S. The van der Waals surface area contributed by atoms with Gasteiger partial charge in [0.25, 0.3) is 0 Å². The molecule has 2 unspecified atom stereocenters. The zero-order valence-corrected chi connectivity index (χ0v) is 25.8. The molecule has 3 aliphatic rings. The number of alkyl halides is 1. The highest BCUT2D eigenvalue weighted by molar-refractivity contribution is 7.90. The van der Waals surface area contributed by atoms with Gasteiger partial charge in [-0.25, -0.2) is 22.6 Å². The topological polar surface area (TPSA) is 87.0 Å². The third kappa shape index (κ3) is 5.26. The molecule has 3 fully saturated rings. The normalized spacial score (nSPS) is 26.5. The molecule has 39 heavy (non-hydrogen) atoms. The molecule has 1 aliphatic heterocycles. The number of amides is 2. The Balaban J connectivity index is 1.53. The number of benzene rings is 2. The Labute approximate surface area is 236 Å². The van der Waals surface area contributed by atoms with Crippen molar-refractivity contribution in [3.05, 3.63) is 59.7 Å². The minimum absolute atomic E-state index is 0.0305. The van der Waals surface area contributed by atoms with Crippen molar-refractivity contribution < 1.29 is 17.6 Å². The molecule has 0 bridgehead atoms. The van der Waals surface area contributed by atoms with Gasteiger partial charge < -0.3 is 4.90 Å². The lowest BCUT2D eigenvalue weighted by atomic mass is 9.68. The Morgan fingerprint density at radius 2 is 1.74 bits per heavy atom. The number of hydrogen-bond donors (Lipinski definition) is 1. The highest BCUT2D eigenvalue weighted by atomic mass is 32.2. The van der Waals surface area contributed by atoms with Crippen molar-refractivity contribution in [2.75, 3.05) is 31.3 Å². The summed E-state index contributed by atoms with van der Waals surface area (Å²) < 4.78 is 40.5. The molecule has 212 valence electrons. The molecule has 1 saturated heterocycles. The van der Waals surface area contributed by atoms with Crippen LogP contribution in [0.2, 0.25) is 0 Å². The van der Waals surface area contributed by atoms with Crippen molar-refractivity contribution in [1.82, 2.24) is 9.91 Å². The monoisotopic (exact) mass is 592 g/mol. The van der Waals surface area contributed by atoms with Crippen molar-refractivity contribution in [2.24, 2.45) is 11.8 Å². The molecule has 2 N–H and O–H groups in total. The van der Waals surface area contributed by atoms with Crippen LogP contribution in [-0.4, -0.2) is 56.3 Å². The summed E-state index contributed by atoms with van der Waals surface area (Å²) in [5, 5.41) is -0.0575. The number of urea groups is 1. The van der Waals surface area contributed by atoms with E-state index in [1.807, 2.05) is 35.2 Å². The first-order valence-electron chi connectivity index (χ1n) is 13.5. The van der Waals surface area contributed by atoms with E-state index < -0.39 is 20.5 Å². The fourth-order valence-electron chi connectivity index (χ4n) is 6.61. The summed E-state index contributed by atoms with van der Waals surface area (Å²) in [6, 6.07) is 14.6. The van der Waals surface area contributed by atoms with E-state index in [2.05, 4.69) is 30.6 Å². The molecule has 11 heteroatoms. The SMILES string of the molecule is CN(N)[C@]1(c2ccccc2)CC[C@]2(CC1)CN(c1ccc(C(F)(P)P)cc1S(C)(=O)=O)C(=O)N2CC1CCC1. The first-order chi connectivity index (χ1) is 18.3. The summed E-state index contributed by atoms with van der Waals surface area (Å²) in [6.45, 7) is 1.06. The number of carbonyl (C=O) groups excluding carboxylic acids is 1. The summed E-state index contributed by atoms with van der Waals surface area (Å²) in [7, 11) is 2.31. The van der Waals surface area contributed by atoms with Gasteiger partial charge in [0.2, 0.25) is 0 Å². The Morgan fingerprint density at radius 3 is 2.26 bits per heavy atom. The molecule has 2 aromatic carbocycles. The molecule has 2 saturated carbocycles. The van der Waals surface area contributed by atoms with E-state index >= 15 is 0 Å². The van der Waals surface area contributed by atoms with Crippen LogP contribution in [0, 0.1) is 5.92 Å². The van der Waals surface area contributed by atoms with Crippen LogP contribution in [0.5, 0.6) is 0 Å². The number of hydrazine groups is 1. The Hall–Kier alpha value is -1.63. The van der Waals surface area contributed by atoms with Gasteiger partial charge in [-0.3, -0.25) is 10.7 Å². The zero-order valence-electron chi connectivity index (χ0n) is 22.6. The standard InChI is InChI=1S/C28H39FN4O3P2S/c1-31(30)27(21-9-4-3-5-10-21)15-13-26(14-16-27)19-32(25(34)33(26)18-20-7-6-8-20)23-12-11-22(28(29,37)38)17-24(23)39(2,35)36/h3-5,9-12,17,20H,6-8,13-16,18-19,30,37-38H2,1-2H3/t26-,27+. The van der Waals surface area contributed by atoms with Gasteiger partial charge in [0.1, 0.15) is 0 Å². The number of carbonyl (C=O) groups is 1. The molecule has 0 aromatic heterocycles. The maximum absolute atomic E-state index is 14.7. The second-order valence-corrected chi connectivity index (χ2v) is 16.1. The molecular weight excluding hydrogens is 553 g/mol. The largest absolute Gasteiger partial charge is 0.325 e.